The second-order valence-corrected chi connectivity index (χ2v) is 5.79. The van der Waals surface area contributed by atoms with E-state index in [4.69, 9.17) is 5.11 Å². The largest absolute Gasteiger partial charge is 0.480 e. The zero-order valence-corrected chi connectivity index (χ0v) is 10.7. The topological polar surface area (TPSA) is 78.4 Å². The smallest absolute Gasteiger partial charge is 0.326 e. The predicted octanol–water partition coefficient (Wildman–Crippen LogP) is 1.59. The molecule has 0 aromatic rings. The number of urea groups is 1. The Morgan fingerprint density at radius 2 is 1.94 bits per heavy atom. The number of carbonyl (C=O) groups is 2. The molecule has 1 aliphatic carbocycles. The van der Waals surface area contributed by atoms with E-state index in [-0.39, 0.29) is 6.03 Å². The summed E-state index contributed by atoms with van der Waals surface area (Å²) in [5, 5.41) is 14.3. The van der Waals surface area contributed by atoms with Crippen LogP contribution in [0.5, 0.6) is 0 Å². The van der Waals surface area contributed by atoms with Gasteiger partial charge in [-0.25, -0.2) is 9.59 Å². The molecule has 2 amide bonds. The lowest BCUT2D eigenvalue weighted by atomic mass is 9.85. The van der Waals surface area contributed by atoms with Gasteiger partial charge in [0.2, 0.25) is 0 Å². The Kier molecular flexibility index (Phi) is 4.37. The van der Waals surface area contributed by atoms with Crippen LogP contribution in [-0.2, 0) is 4.79 Å². The van der Waals surface area contributed by atoms with Crippen molar-refractivity contribution in [3.63, 3.8) is 0 Å². The average Bonchev–Trinajstić information content (AvgIpc) is 2.09. The maximum absolute atomic E-state index is 11.6. The highest BCUT2D eigenvalue weighted by atomic mass is 16.4. The molecule has 0 saturated heterocycles. The van der Waals surface area contributed by atoms with Gasteiger partial charge in [-0.3, -0.25) is 0 Å². The number of amides is 2. The molecule has 0 aromatic carbocycles. The van der Waals surface area contributed by atoms with E-state index in [2.05, 4.69) is 10.6 Å². The fourth-order valence-corrected chi connectivity index (χ4v) is 1.76. The first kappa shape index (κ1) is 13.8. The van der Waals surface area contributed by atoms with Crippen LogP contribution in [0.3, 0.4) is 0 Å². The van der Waals surface area contributed by atoms with E-state index in [0.717, 1.165) is 12.8 Å². The number of carboxylic acid groups (broad SMARTS) is 1. The van der Waals surface area contributed by atoms with Gasteiger partial charge in [0.15, 0.2) is 0 Å². The highest BCUT2D eigenvalue weighted by Gasteiger charge is 2.32. The summed E-state index contributed by atoms with van der Waals surface area (Å²) in [4.78, 5) is 22.6. The third-order valence-electron chi connectivity index (χ3n) is 3.16. The second-order valence-electron chi connectivity index (χ2n) is 5.79. The van der Waals surface area contributed by atoms with Crippen molar-refractivity contribution < 1.29 is 14.7 Å². The number of carbonyl (C=O) groups excluding carboxylic acids is 1. The molecule has 1 aliphatic rings. The number of hydrogen-bond acceptors (Lipinski definition) is 2. The molecule has 0 bridgehead atoms. The molecular formula is C12H22N2O3. The SMILES string of the molecule is CC(C)(C)C(NC(=O)NCC1CCC1)C(=O)O. The van der Waals surface area contributed by atoms with Crippen molar-refractivity contribution in [3.8, 4) is 0 Å². The summed E-state index contributed by atoms with van der Waals surface area (Å²) in [6.07, 6.45) is 3.54. The van der Waals surface area contributed by atoms with E-state index in [1.54, 1.807) is 20.8 Å². The lowest BCUT2D eigenvalue weighted by Crippen LogP contribution is -2.53. The molecule has 17 heavy (non-hydrogen) atoms. The molecule has 1 atom stereocenters. The molecule has 98 valence electrons. The molecule has 0 radical (unpaired) electrons. The molecule has 1 unspecified atom stereocenters. The van der Waals surface area contributed by atoms with Crippen LogP contribution >= 0.6 is 0 Å². The van der Waals surface area contributed by atoms with Crippen LogP contribution in [0.25, 0.3) is 0 Å². The summed E-state index contributed by atoms with van der Waals surface area (Å²) >= 11 is 0. The maximum atomic E-state index is 11.6. The Morgan fingerprint density at radius 3 is 2.29 bits per heavy atom. The van der Waals surface area contributed by atoms with Crippen LogP contribution in [0, 0.1) is 11.3 Å². The van der Waals surface area contributed by atoms with Crippen LogP contribution in [0.15, 0.2) is 0 Å². The first-order valence-electron chi connectivity index (χ1n) is 6.08. The monoisotopic (exact) mass is 242 g/mol. The fraction of sp³-hybridized carbons (Fsp3) is 0.833. The molecule has 0 aromatic heterocycles. The van der Waals surface area contributed by atoms with Crippen LogP contribution in [0.1, 0.15) is 40.0 Å². The maximum Gasteiger partial charge on any atom is 0.326 e. The Balaban J connectivity index is 2.38. The van der Waals surface area contributed by atoms with Gasteiger partial charge in [-0.15, -0.1) is 0 Å². The minimum atomic E-state index is -1.00. The fourth-order valence-electron chi connectivity index (χ4n) is 1.76. The molecule has 0 heterocycles. The minimum absolute atomic E-state index is 0.390. The Labute approximate surface area is 102 Å². The van der Waals surface area contributed by atoms with Gasteiger partial charge in [-0.1, -0.05) is 27.2 Å². The van der Waals surface area contributed by atoms with E-state index in [9.17, 15) is 9.59 Å². The molecule has 5 nitrogen and oxygen atoms in total. The molecular weight excluding hydrogens is 220 g/mol. The Hall–Kier alpha value is -1.26. The van der Waals surface area contributed by atoms with Crippen molar-refractivity contribution in [1.82, 2.24) is 10.6 Å². The lowest BCUT2D eigenvalue weighted by Gasteiger charge is -2.29. The summed E-state index contributed by atoms with van der Waals surface area (Å²) in [6.45, 7) is 6.01. The Bertz CT molecular complexity index is 293. The molecule has 0 aliphatic heterocycles. The van der Waals surface area contributed by atoms with Crippen molar-refractivity contribution in [2.45, 2.75) is 46.1 Å². The van der Waals surface area contributed by atoms with E-state index >= 15 is 0 Å². The second kappa shape index (κ2) is 5.38. The number of nitrogens with one attached hydrogen (secondary N) is 2. The van der Waals surface area contributed by atoms with Gasteiger partial charge in [0.05, 0.1) is 0 Å². The molecule has 3 N–H and O–H groups in total. The molecule has 1 fully saturated rings. The van der Waals surface area contributed by atoms with E-state index in [0.29, 0.717) is 12.5 Å². The van der Waals surface area contributed by atoms with Gasteiger partial charge < -0.3 is 15.7 Å². The van der Waals surface area contributed by atoms with Crippen LogP contribution in [0.2, 0.25) is 0 Å². The van der Waals surface area contributed by atoms with Crippen molar-refractivity contribution in [2.24, 2.45) is 11.3 Å². The van der Waals surface area contributed by atoms with Crippen molar-refractivity contribution >= 4 is 12.0 Å². The van der Waals surface area contributed by atoms with E-state index < -0.39 is 17.4 Å². The third kappa shape index (κ3) is 4.24. The normalized spacial score (nSPS) is 18.1. The van der Waals surface area contributed by atoms with Crippen molar-refractivity contribution in [1.29, 1.82) is 0 Å². The van der Waals surface area contributed by atoms with Crippen LogP contribution in [0.4, 0.5) is 4.79 Å². The minimum Gasteiger partial charge on any atom is -0.480 e. The quantitative estimate of drug-likeness (QED) is 0.700. The van der Waals surface area contributed by atoms with Gasteiger partial charge in [0, 0.05) is 6.54 Å². The summed E-state index contributed by atoms with van der Waals surface area (Å²) in [5.74, 6) is -0.435. The van der Waals surface area contributed by atoms with Gasteiger partial charge in [0.25, 0.3) is 0 Å². The predicted molar refractivity (Wildman–Crippen MR) is 64.8 cm³/mol. The first-order valence-corrected chi connectivity index (χ1v) is 6.08. The molecule has 1 rings (SSSR count). The first-order chi connectivity index (χ1) is 7.80. The van der Waals surface area contributed by atoms with Crippen LogP contribution in [-0.4, -0.2) is 29.7 Å². The molecule has 5 heteroatoms. The average molecular weight is 242 g/mol. The van der Waals surface area contributed by atoms with Gasteiger partial charge >= 0.3 is 12.0 Å². The highest BCUT2D eigenvalue weighted by molar-refractivity contribution is 5.83. The molecule has 1 saturated carbocycles. The summed E-state index contributed by atoms with van der Waals surface area (Å²) in [6, 6.07) is -1.26. The lowest BCUT2D eigenvalue weighted by molar-refractivity contribution is -0.141. The number of hydrogen-bond donors (Lipinski definition) is 3. The zero-order chi connectivity index (χ0) is 13.1. The molecule has 0 spiro atoms. The summed E-state index contributed by atoms with van der Waals surface area (Å²) in [5.41, 5.74) is -0.500. The number of aliphatic carboxylic acids is 1. The third-order valence-corrected chi connectivity index (χ3v) is 3.16. The van der Waals surface area contributed by atoms with E-state index in [1.165, 1.54) is 6.42 Å². The zero-order valence-electron chi connectivity index (χ0n) is 10.7. The van der Waals surface area contributed by atoms with Crippen LogP contribution < -0.4 is 10.6 Å². The highest BCUT2D eigenvalue weighted by Crippen LogP contribution is 2.25. The summed E-state index contributed by atoms with van der Waals surface area (Å²) in [7, 11) is 0. The Morgan fingerprint density at radius 1 is 1.35 bits per heavy atom. The van der Waals surface area contributed by atoms with Gasteiger partial charge in [0.1, 0.15) is 6.04 Å². The number of carboxylic acids is 1. The standard InChI is InChI=1S/C12H22N2O3/c1-12(2,3)9(10(15)16)14-11(17)13-7-8-5-4-6-8/h8-9H,4-7H2,1-3H3,(H,15,16)(H2,13,14,17). The van der Waals surface area contributed by atoms with Gasteiger partial charge in [-0.2, -0.15) is 0 Å². The van der Waals surface area contributed by atoms with Crippen molar-refractivity contribution in [3.05, 3.63) is 0 Å². The summed E-state index contributed by atoms with van der Waals surface area (Å²) < 4.78 is 0. The van der Waals surface area contributed by atoms with E-state index in [1.807, 2.05) is 0 Å². The number of rotatable bonds is 4. The van der Waals surface area contributed by atoms with Gasteiger partial charge in [-0.05, 0) is 24.2 Å². The van der Waals surface area contributed by atoms with Crippen molar-refractivity contribution in [2.75, 3.05) is 6.54 Å².